The molecule has 2 atom stereocenters. The van der Waals surface area contributed by atoms with E-state index in [9.17, 15) is 15.3 Å². The minimum atomic E-state index is -1.21. The van der Waals surface area contributed by atoms with Crippen molar-refractivity contribution in [2.24, 2.45) is 0 Å². The molecule has 0 spiro atoms. The maximum Gasteiger partial charge on any atom is 0.216 e. The number of aliphatic hydroxyl groups is 3. The first kappa shape index (κ1) is 13.5. The van der Waals surface area contributed by atoms with Crippen molar-refractivity contribution in [3.63, 3.8) is 0 Å². The minimum Gasteiger partial charge on any atom is -0.494 e. The lowest BCUT2D eigenvalue weighted by Crippen LogP contribution is -2.56. The van der Waals surface area contributed by atoms with Gasteiger partial charge in [-0.1, -0.05) is 36.4 Å². The van der Waals surface area contributed by atoms with Crippen LogP contribution in [-0.4, -0.2) is 27.9 Å². The molecule has 0 radical (unpaired) electrons. The molecule has 2 aromatic carbocycles. The summed E-state index contributed by atoms with van der Waals surface area (Å²) >= 11 is 0. The molecular weight excluding hydrogens is 268 g/mol. The molecule has 5 heteroatoms. The van der Waals surface area contributed by atoms with Crippen LogP contribution in [0.25, 0.3) is 0 Å². The van der Waals surface area contributed by atoms with Crippen molar-refractivity contribution in [2.45, 2.75) is 12.6 Å². The van der Waals surface area contributed by atoms with Gasteiger partial charge in [0.15, 0.2) is 12.1 Å². The Morgan fingerprint density at radius 1 is 0.762 bits per heavy atom. The molecule has 3 N–H and O–H groups in total. The molecule has 0 aliphatic carbocycles. The highest BCUT2D eigenvalue weighted by Crippen LogP contribution is 2.30. The van der Waals surface area contributed by atoms with Gasteiger partial charge in [-0.3, -0.25) is 9.80 Å². The first-order valence-corrected chi connectivity index (χ1v) is 6.63. The molecular formula is C16H16N2O3. The van der Waals surface area contributed by atoms with Crippen LogP contribution in [0, 0.1) is 0 Å². The van der Waals surface area contributed by atoms with E-state index in [4.69, 9.17) is 0 Å². The Balaban J connectivity index is 2.02. The minimum absolute atomic E-state index is 0.187. The third-order valence-corrected chi connectivity index (χ3v) is 3.40. The van der Waals surface area contributed by atoms with E-state index in [1.165, 1.54) is 15.9 Å². The number of benzene rings is 2. The third kappa shape index (κ3) is 2.44. The largest absolute Gasteiger partial charge is 0.494 e. The van der Waals surface area contributed by atoms with E-state index >= 15 is 0 Å². The van der Waals surface area contributed by atoms with Crippen molar-refractivity contribution in [2.75, 3.05) is 9.80 Å². The Hall–Kier alpha value is -2.50. The molecule has 1 heterocycles. The van der Waals surface area contributed by atoms with E-state index < -0.39 is 12.6 Å². The summed E-state index contributed by atoms with van der Waals surface area (Å²) in [6, 6.07) is 18.1. The molecule has 0 saturated heterocycles. The van der Waals surface area contributed by atoms with Gasteiger partial charge in [-0.05, 0) is 24.3 Å². The van der Waals surface area contributed by atoms with E-state index in [-0.39, 0.29) is 5.88 Å². The number of hydrogen-bond acceptors (Lipinski definition) is 5. The first-order chi connectivity index (χ1) is 10.2. The van der Waals surface area contributed by atoms with Crippen LogP contribution in [0.3, 0.4) is 0 Å². The standard InChI is InChI=1S/C16H16N2O3/c19-14-11-15(20)18(13-9-5-2-6-10-13)16(21)17(14)12-7-3-1-4-8-12/h1-11,14,16,19-21H. The summed E-state index contributed by atoms with van der Waals surface area (Å²) < 4.78 is 0. The Morgan fingerprint density at radius 2 is 1.29 bits per heavy atom. The van der Waals surface area contributed by atoms with Crippen LogP contribution < -0.4 is 9.80 Å². The van der Waals surface area contributed by atoms with Crippen molar-refractivity contribution in [3.8, 4) is 0 Å². The van der Waals surface area contributed by atoms with Gasteiger partial charge in [0.05, 0.1) is 0 Å². The van der Waals surface area contributed by atoms with Crippen LogP contribution in [-0.2, 0) is 0 Å². The van der Waals surface area contributed by atoms with Crippen LogP contribution in [0.5, 0.6) is 0 Å². The van der Waals surface area contributed by atoms with Gasteiger partial charge < -0.3 is 15.3 Å². The fourth-order valence-corrected chi connectivity index (χ4v) is 2.41. The lowest BCUT2D eigenvalue weighted by Gasteiger charge is -2.43. The molecule has 0 aromatic heterocycles. The zero-order chi connectivity index (χ0) is 14.8. The topological polar surface area (TPSA) is 67.2 Å². The SMILES string of the molecule is OC1=CC(O)N(c2ccccc2)C(O)N1c1ccccc1. The van der Waals surface area contributed by atoms with Crippen molar-refractivity contribution < 1.29 is 15.3 Å². The molecule has 2 unspecified atom stereocenters. The lowest BCUT2D eigenvalue weighted by molar-refractivity contribution is 0.0844. The van der Waals surface area contributed by atoms with Gasteiger partial charge in [0.2, 0.25) is 6.35 Å². The number of rotatable bonds is 2. The summed E-state index contributed by atoms with van der Waals surface area (Å²) in [4.78, 5) is 2.76. The fourth-order valence-electron chi connectivity index (χ4n) is 2.41. The summed E-state index contributed by atoms with van der Waals surface area (Å²) in [6.45, 7) is 0. The Morgan fingerprint density at radius 3 is 1.86 bits per heavy atom. The van der Waals surface area contributed by atoms with E-state index in [1.807, 2.05) is 36.4 Å². The van der Waals surface area contributed by atoms with E-state index in [0.717, 1.165) is 0 Å². The fraction of sp³-hybridized carbons (Fsp3) is 0.125. The van der Waals surface area contributed by atoms with Gasteiger partial charge in [-0.15, -0.1) is 0 Å². The quantitative estimate of drug-likeness (QED) is 0.787. The van der Waals surface area contributed by atoms with Crippen molar-refractivity contribution in [3.05, 3.63) is 72.6 Å². The zero-order valence-corrected chi connectivity index (χ0v) is 11.2. The normalized spacial score (nSPS) is 22.1. The highest BCUT2D eigenvalue weighted by molar-refractivity contribution is 5.58. The zero-order valence-electron chi connectivity index (χ0n) is 11.2. The second-order valence-electron chi connectivity index (χ2n) is 4.73. The number of aliphatic hydroxyl groups excluding tert-OH is 3. The average Bonchev–Trinajstić information content (AvgIpc) is 2.49. The summed E-state index contributed by atoms with van der Waals surface area (Å²) in [5.74, 6) is -0.187. The van der Waals surface area contributed by atoms with Gasteiger partial charge in [0.25, 0.3) is 0 Å². The van der Waals surface area contributed by atoms with Crippen molar-refractivity contribution in [1.82, 2.24) is 0 Å². The van der Waals surface area contributed by atoms with Crippen LogP contribution in [0.4, 0.5) is 11.4 Å². The summed E-state index contributed by atoms with van der Waals surface area (Å²) in [5.41, 5.74) is 1.29. The maximum atomic E-state index is 10.6. The molecule has 1 aliphatic rings. The van der Waals surface area contributed by atoms with Gasteiger partial charge in [0, 0.05) is 17.5 Å². The molecule has 0 amide bonds. The van der Waals surface area contributed by atoms with Crippen molar-refractivity contribution >= 4 is 11.4 Å². The maximum absolute atomic E-state index is 10.6. The molecule has 3 rings (SSSR count). The lowest BCUT2D eigenvalue weighted by atomic mass is 10.2. The average molecular weight is 284 g/mol. The summed E-state index contributed by atoms with van der Waals surface area (Å²) in [6.07, 6.45) is -1.04. The number of anilines is 2. The second-order valence-corrected chi connectivity index (χ2v) is 4.73. The molecule has 2 aromatic rings. The summed E-state index contributed by atoms with van der Waals surface area (Å²) in [5, 5.41) is 30.8. The Kier molecular flexibility index (Phi) is 3.51. The molecule has 0 bridgehead atoms. The van der Waals surface area contributed by atoms with Gasteiger partial charge in [0.1, 0.15) is 0 Å². The monoisotopic (exact) mass is 284 g/mol. The second kappa shape index (κ2) is 5.47. The van der Waals surface area contributed by atoms with Gasteiger partial charge in [-0.2, -0.15) is 0 Å². The summed E-state index contributed by atoms with van der Waals surface area (Å²) in [7, 11) is 0. The van der Waals surface area contributed by atoms with Gasteiger partial charge in [-0.25, -0.2) is 0 Å². The van der Waals surface area contributed by atoms with Crippen LogP contribution in [0.15, 0.2) is 72.6 Å². The molecule has 108 valence electrons. The molecule has 21 heavy (non-hydrogen) atoms. The molecule has 1 aliphatic heterocycles. The molecule has 5 nitrogen and oxygen atoms in total. The Labute approximate surface area is 122 Å². The number of hydrogen-bond donors (Lipinski definition) is 3. The van der Waals surface area contributed by atoms with Crippen LogP contribution >= 0.6 is 0 Å². The highest BCUT2D eigenvalue weighted by Gasteiger charge is 2.35. The van der Waals surface area contributed by atoms with Crippen LogP contribution in [0.1, 0.15) is 0 Å². The van der Waals surface area contributed by atoms with Crippen LogP contribution in [0.2, 0.25) is 0 Å². The highest BCUT2D eigenvalue weighted by atomic mass is 16.4. The predicted octanol–water partition coefficient (Wildman–Crippen LogP) is 2.01. The first-order valence-electron chi connectivity index (χ1n) is 6.63. The van der Waals surface area contributed by atoms with E-state index in [0.29, 0.717) is 11.4 Å². The van der Waals surface area contributed by atoms with E-state index in [1.54, 1.807) is 24.3 Å². The Bertz CT molecular complexity index is 630. The number of nitrogens with zero attached hydrogens (tertiary/aromatic N) is 2. The predicted molar refractivity (Wildman–Crippen MR) is 80.6 cm³/mol. The van der Waals surface area contributed by atoms with Crippen molar-refractivity contribution in [1.29, 1.82) is 0 Å². The van der Waals surface area contributed by atoms with Gasteiger partial charge >= 0.3 is 0 Å². The number of para-hydroxylation sites is 2. The smallest absolute Gasteiger partial charge is 0.216 e. The molecule has 0 saturated carbocycles. The third-order valence-electron chi connectivity index (χ3n) is 3.40. The van der Waals surface area contributed by atoms with E-state index in [2.05, 4.69) is 0 Å². The molecule has 0 fully saturated rings.